The van der Waals surface area contributed by atoms with Gasteiger partial charge in [-0.25, -0.2) is 4.39 Å². The molecule has 6 heteroatoms. The minimum Gasteiger partial charge on any atom is -0.494 e. The minimum atomic E-state index is -0.466. The Bertz CT molecular complexity index is 917. The van der Waals surface area contributed by atoms with E-state index >= 15 is 0 Å². The molecule has 1 N–H and O–H groups in total. The number of benzene rings is 1. The summed E-state index contributed by atoms with van der Waals surface area (Å²) in [7, 11) is 1.85. The maximum absolute atomic E-state index is 14.6. The van der Waals surface area contributed by atoms with E-state index in [-0.39, 0.29) is 17.8 Å². The van der Waals surface area contributed by atoms with Crippen LogP contribution in [0.2, 0.25) is 0 Å². The number of carbonyl (C=O) groups is 1. The highest BCUT2D eigenvalue weighted by Crippen LogP contribution is 2.40. The number of aromatic nitrogens is 1. The lowest BCUT2D eigenvalue weighted by molar-refractivity contribution is -0.131. The molecule has 0 aliphatic carbocycles. The number of likely N-dealkylation sites (tertiary alicyclic amines) is 1. The quantitative estimate of drug-likeness (QED) is 0.876. The van der Waals surface area contributed by atoms with Crippen molar-refractivity contribution in [2.75, 3.05) is 20.2 Å². The molecule has 2 aromatic rings. The summed E-state index contributed by atoms with van der Waals surface area (Å²) >= 11 is 0. The molecule has 1 aromatic carbocycles. The molecule has 0 bridgehead atoms. The minimum absolute atomic E-state index is 0.00654. The topological polar surface area (TPSA) is 54.5 Å². The van der Waals surface area contributed by atoms with Crippen molar-refractivity contribution in [3.63, 3.8) is 0 Å². The van der Waals surface area contributed by atoms with Crippen molar-refractivity contribution < 1.29 is 13.9 Å². The summed E-state index contributed by atoms with van der Waals surface area (Å²) < 4.78 is 20.1. The zero-order chi connectivity index (χ0) is 19.9. The van der Waals surface area contributed by atoms with Crippen molar-refractivity contribution in [2.24, 2.45) is 0 Å². The van der Waals surface area contributed by atoms with E-state index in [1.807, 2.05) is 27.0 Å². The van der Waals surface area contributed by atoms with E-state index in [0.717, 1.165) is 42.6 Å². The maximum Gasteiger partial charge on any atom is 0.242 e. The average Bonchev–Trinajstić information content (AvgIpc) is 3.24. The maximum atomic E-state index is 14.6. The fourth-order valence-corrected chi connectivity index (χ4v) is 4.38. The number of ether oxygens (including phenoxy) is 1. The lowest BCUT2D eigenvalue weighted by Gasteiger charge is -2.23. The number of likely N-dealkylation sites (N-methyl/N-ethyl adjacent to an activating group) is 1. The second-order valence-electron chi connectivity index (χ2n) is 7.79. The van der Waals surface area contributed by atoms with E-state index in [9.17, 15) is 9.18 Å². The molecule has 5 nitrogen and oxygen atoms in total. The number of rotatable bonds is 4. The molecule has 2 saturated heterocycles. The van der Waals surface area contributed by atoms with Crippen molar-refractivity contribution in [2.45, 2.75) is 44.7 Å². The molecule has 2 aliphatic rings. The molecule has 1 aromatic heterocycles. The van der Waals surface area contributed by atoms with Gasteiger partial charge in [-0.3, -0.25) is 15.1 Å². The van der Waals surface area contributed by atoms with Crippen LogP contribution in [0.15, 0.2) is 30.5 Å². The predicted octanol–water partition coefficient (Wildman–Crippen LogP) is 3.62. The first kappa shape index (κ1) is 18.9. The molecule has 1 spiro atoms. The number of halogens is 1. The van der Waals surface area contributed by atoms with Crippen molar-refractivity contribution in [1.29, 1.82) is 0 Å². The molecule has 4 rings (SSSR count). The van der Waals surface area contributed by atoms with Gasteiger partial charge in [0.25, 0.3) is 0 Å². The van der Waals surface area contributed by atoms with E-state index in [2.05, 4.69) is 10.3 Å². The summed E-state index contributed by atoms with van der Waals surface area (Å²) in [5, 5.41) is 3.54. The van der Waals surface area contributed by atoms with Crippen LogP contribution >= 0.6 is 0 Å². The average molecular weight is 383 g/mol. The predicted molar refractivity (Wildman–Crippen MR) is 106 cm³/mol. The monoisotopic (exact) mass is 383 g/mol. The smallest absolute Gasteiger partial charge is 0.242 e. The van der Waals surface area contributed by atoms with Gasteiger partial charge in [0.05, 0.1) is 18.3 Å². The lowest BCUT2D eigenvalue weighted by Crippen LogP contribution is -2.47. The summed E-state index contributed by atoms with van der Waals surface area (Å²) in [4.78, 5) is 19.0. The number of aryl methyl sites for hydroxylation is 1. The molecule has 2 aliphatic heterocycles. The van der Waals surface area contributed by atoms with Crippen LogP contribution in [0.4, 0.5) is 4.39 Å². The zero-order valence-electron chi connectivity index (χ0n) is 16.6. The second-order valence-corrected chi connectivity index (χ2v) is 7.79. The molecule has 148 valence electrons. The zero-order valence-corrected chi connectivity index (χ0v) is 16.6. The number of nitrogens with one attached hydrogen (secondary N) is 1. The molecule has 2 fully saturated rings. The summed E-state index contributed by atoms with van der Waals surface area (Å²) in [5.41, 5.74) is 2.60. The molecular formula is C22H26FN3O2. The van der Waals surface area contributed by atoms with E-state index in [1.54, 1.807) is 23.2 Å². The van der Waals surface area contributed by atoms with Gasteiger partial charge in [-0.1, -0.05) is 0 Å². The fourth-order valence-electron chi connectivity index (χ4n) is 4.38. The van der Waals surface area contributed by atoms with Crippen LogP contribution < -0.4 is 10.1 Å². The van der Waals surface area contributed by atoms with E-state index < -0.39 is 5.54 Å². The van der Waals surface area contributed by atoms with Crippen LogP contribution in [0.5, 0.6) is 5.75 Å². The fraction of sp³-hybridized carbons (Fsp3) is 0.455. The van der Waals surface area contributed by atoms with Crippen molar-refractivity contribution in [3.8, 4) is 16.9 Å². The Morgan fingerprint density at radius 3 is 2.86 bits per heavy atom. The SMILES string of the molecule is CCOc1ccc(F)c(-c2cc([C@@H]3CC[C@]4(CCN(C)C4=O)N3)ncc2C)c1. The van der Waals surface area contributed by atoms with Crippen LogP contribution in [-0.2, 0) is 4.79 Å². The van der Waals surface area contributed by atoms with Gasteiger partial charge < -0.3 is 9.64 Å². The van der Waals surface area contributed by atoms with Gasteiger partial charge in [-0.05, 0) is 68.5 Å². The van der Waals surface area contributed by atoms with Gasteiger partial charge >= 0.3 is 0 Å². The Labute approximate surface area is 164 Å². The standard InChI is InChI=1S/C22H26FN3O2/c1-4-28-15-5-6-18(23)17(11-15)16-12-20(24-13-14(16)2)19-7-8-22(25-19)9-10-26(3)21(22)27/h5-6,11-13,19,25H,4,7-10H2,1-3H3/t19-,22+/m0/s1. The lowest BCUT2D eigenvalue weighted by atomic mass is 9.96. The highest BCUT2D eigenvalue weighted by atomic mass is 19.1. The Morgan fingerprint density at radius 2 is 2.14 bits per heavy atom. The number of pyridine rings is 1. The Kier molecular flexibility index (Phi) is 4.83. The van der Waals surface area contributed by atoms with Crippen molar-refractivity contribution in [1.82, 2.24) is 15.2 Å². The summed E-state index contributed by atoms with van der Waals surface area (Å²) in [5.74, 6) is 0.527. The molecule has 3 heterocycles. The molecule has 28 heavy (non-hydrogen) atoms. The largest absolute Gasteiger partial charge is 0.494 e. The van der Waals surface area contributed by atoms with Crippen molar-refractivity contribution >= 4 is 5.91 Å². The summed E-state index contributed by atoms with van der Waals surface area (Å²) in [6.45, 7) is 5.14. The first-order valence-electron chi connectivity index (χ1n) is 9.86. The Balaban J connectivity index is 1.66. The summed E-state index contributed by atoms with van der Waals surface area (Å²) in [6, 6.07) is 6.76. The van der Waals surface area contributed by atoms with Gasteiger partial charge in [0.15, 0.2) is 0 Å². The molecule has 1 amide bonds. The number of hydrogen-bond donors (Lipinski definition) is 1. The molecular weight excluding hydrogens is 357 g/mol. The van der Waals surface area contributed by atoms with Gasteiger partial charge in [0.2, 0.25) is 5.91 Å². The van der Waals surface area contributed by atoms with Crippen LogP contribution in [0.3, 0.4) is 0 Å². The molecule has 2 atom stereocenters. The first-order chi connectivity index (χ1) is 13.4. The molecule has 0 saturated carbocycles. The third kappa shape index (κ3) is 3.15. The number of hydrogen-bond acceptors (Lipinski definition) is 4. The normalized spacial score (nSPS) is 24.4. The van der Waals surface area contributed by atoms with E-state index in [4.69, 9.17) is 4.74 Å². The third-order valence-electron chi connectivity index (χ3n) is 5.96. The van der Waals surface area contributed by atoms with Gasteiger partial charge in [-0.2, -0.15) is 0 Å². The number of carbonyl (C=O) groups excluding carboxylic acids is 1. The molecule has 0 radical (unpaired) electrons. The second kappa shape index (κ2) is 7.17. The van der Waals surface area contributed by atoms with Gasteiger partial charge in [0, 0.05) is 25.4 Å². The Morgan fingerprint density at radius 1 is 1.32 bits per heavy atom. The Hall–Kier alpha value is -2.47. The number of nitrogens with zero attached hydrogens (tertiary/aromatic N) is 2. The molecule has 0 unspecified atom stereocenters. The van der Waals surface area contributed by atoms with E-state index in [1.165, 1.54) is 6.07 Å². The van der Waals surface area contributed by atoms with Crippen LogP contribution in [0.25, 0.3) is 11.1 Å². The van der Waals surface area contributed by atoms with Crippen LogP contribution in [0.1, 0.15) is 43.5 Å². The highest BCUT2D eigenvalue weighted by molar-refractivity contribution is 5.88. The van der Waals surface area contributed by atoms with Crippen molar-refractivity contribution in [3.05, 3.63) is 47.5 Å². The van der Waals surface area contributed by atoms with Crippen LogP contribution in [0, 0.1) is 12.7 Å². The number of amides is 1. The highest BCUT2D eigenvalue weighted by Gasteiger charge is 2.50. The third-order valence-corrected chi connectivity index (χ3v) is 5.96. The van der Waals surface area contributed by atoms with Gasteiger partial charge in [-0.15, -0.1) is 0 Å². The first-order valence-corrected chi connectivity index (χ1v) is 9.86. The van der Waals surface area contributed by atoms with Crippen LogP contribution in [-0.4, -0.2) is 41.5 Å². The summed E-state index contributed by atoms with van der Waals surface area (Å²) in [6.07, 6.45) is 4.26. The van der Waals surface area contributed by atoms with Gasteiger partial charge in [0.1, 0.15) is 17.1 Å². The van der Waals surface area contributed by atoms with E-state index in [0.29, 0.717) is 17.9 Å².